The number of nitrogens with one attached hydrogen (secondary N) is 1. The highest BCUT2D eigenvalue weighted by Gasteiger charge is 2.13. The molecular weight excluding hydrogens is 182 g/mol. The van der Waals surface area contributed by atoms with Crippen LogP contribution in [-0.4, -0.2) is 19.7 Å². The van der Waals surface area contributed by atoms with Gasteiger partial charge in [0.2, 0.25) is 0 Å². The van der Waals surface area contributed by atoms with Crippen LogP contribution in [0.4, 0.5) is 4.79 Å². The van der Waals surface area contributed by atoms with Crippen LogP contribution in [0.5, 0.6) is 11.5 Å². The maximum Gasteiger partial charge on any atom is 0.412 e. The molecule has 1 aliphatic heterocycles. The molecule has 0 spiro atoms. The van der Waals surface area contributed by atoms with Gasteiger partial charge in [-0.05, 0) is 11.6 Å². The highest BCUT2D eigenvalue weighted by Crippen LogP contribution is 2.29. The van der Waals surface area contributed by atoms with Crippen molar-refractivity contribution in [2.45, 2.75) is 6.42 Å². The van der Waals surface area contributed by atoms with Crippen molar-refractivity contribution in [1.29, 1.82) is 0 Å². The fourth-order valence-electron chi connectivity index (χ4n) is 1.37. The van der Waals surface area contributed by atoms with E-state index >= 15 is 0 Å². The number of rotatable bonds is 1. The van der Waals surface area contributed by atoms with E-state index in [1.54, 1.807) is 12.1 Å². The summed E-state index contributed by atoms with van der Waals surface area (Å²) in [6.07, 6.45) is 0.457. The first-order valence-corrected chi connectivity index (χ1v) is 4.45. The van der Waals surface area contributed by atoms with Gasteiger partial charge in [0, 0.05) is 19.5 Å². The normalized spacial score (nSPS) is 12.9. The summed E-state index contributed by atoms with van der Waals surface area (Å²) in [7, 11) is 1.52. The number of carbonyl (C=O) groups is 1. The van der Waals surface area contributed by atoms with Gasteiger partial charge in [0.25, 0.3) is 0 Å². The third-order valence-electron chi connectivity index (χ3n) is 2.08. The minimum absolute atomic E-state index is 0.469. The maximum absolute atomic E-state index is 10.9. The van der Waals surface area contributed by atoms with E-state index in [0.717, 1.165) is 17.7 Å². The summed E-state index contributed by atoms with van der Waals surface area (Å²) >= 11 is 0. The van der Waals surface area contributed by atoms with Gasteiger partial charge in [-0.3, -0.25) is 0 Å². The van der Waals surface area contributed by atoms with E-state index in [1.807, 2.05) is 6.07 Å². The van der Waals surface area contributed by atoms with Gasteiger partial charge in [-0.25, -0.2) is 4.79 Å². The summed E-state index contributed by atoms with van der Waals surface area (Å²) in [5.41, 5.74) is 1.16. The molecule has 0 fully saturated rings. The van der Waals surface area contributed by atoms with Crippen molar-refractivity contribution < 1.29 is 14.3 Å². The Hall–Kier alpha value is -1.71. The first kappa shape index (κ1) is 8.87. The first-order valence-electron chi connectivity index (χ1n) is 4.45. The van der Waals surface area contributed by atoms with Gasteiger partial charge in [0.05, 0.1) is 6.61 Å². The van der Waals surface area contributed by atoms with Crippen LogP contribution in [0, 0.1) is 0 Å². The van der Waals surface area contributed by atoms with Crippen molar-refractivity contribution >= 4 is 6.09 Å². The lowest BCUT2D eigenvalue weighted by Crippen LogP contribution is -2.21. The number of amides is 1. The zero-order valence-corrected chi connectivity index (χ0v) is 7.87. The summed E-state index contributed by atoms with van der Waals surface area (Å²) in [6, 6.07) is 5.42. The molecule has 4 nitrogen and oxygen atoms in total. The van der Waals surface area contributed by atoms with Crippen molar-refractivity contribution in [1.82, 2.24) is 5.32 Å². The van der Waals surface area contributed by atoms with E-state index < -0.39 is 6.09 Å². The fourth-order valence-corrected chi connectivity index (χ4v) is 1.37. The minimum atomic E-state index is -0.469. The lowest BCUT2D eigenvalue weighted by Gasteiger charge is -2.04. The molecule has 1 heterocycles. The van der Waals surface area contributed by atoms with Gasteiger partial charge >= 0.3 is 6.09 Å². The van der Waals surface area contributed by atoms with Crippen molar-refractivity contribution in [2.24, 2.45) is 0 Å². The van der Waals surface area contributed by atoms with Crippen LogP contribution in [0.25, 0.3) is 0 Å². The number of ether oxygens (including phenoxy) is 2. The SMILES string of the molecule is CNC(=O)Oc1ccc2c(c1)OCC2. The molecule has 4 heteroatoms. The Morgan fingerprint density at radius 3 is 3.21 bits per heavy atom. The Morgan fingerprint density at radius 1 is 1.57 bits per heavy atom. The Morgan fingerprint density at radius 2 is 2.43 bits per heavy atom. The molecule has 0 saturated heterocycles. The van der Waals surface area contributed by atoms with Gasteiger partial charge in [-0.2, -0.15) is 0 Å². The predicted molar refractivity (Wildman–Crippen MR) is 50.7 cm³/mol. The molecule has 1 N–H and O–H groups in total. The van der Waals surface area contributed by atoms with Crippen LogP contribution >= 0.6 is 0 Å². The molecule has 74 valence electrons. The third-order valence-corrected chi connectivity index (χ3v) is 2.08. The van der Waals surface area contributed by atoms with Gasteiger partial charge in [0.15, 0.2) is 0 Å². The van der Waals surface area contributed by atoms with Crippen LogP contribution in [-0.2, 0) is 6.42 Å². The Kier molecular flexibility index (Phi) is 2.26. The lowest BCUT2D eigenvalue weighted by molar-refractivity contribution is 0.203. The third kappa shape index (κ3) is 1.64. The second-order valence-corrected chi connectivity index (χ2v) is 3.01. The standard InChI is InChI=1S/C10H11NO3/c1-11-10(12)14-8-3-2-7-4-5-13-9(7)6-8/h2-3,6H,4-5H2,1H3,(H,11,12). The van der Waals surface area contributed by atoms with Crippen LogP contribution in [0.3, 0.4) is 0 Å². The molecule has 2 rings (SSSR count). The van der Waals surface area contributed by atoms with Crippen LogP contribution < -0.4 is 14.8 Å². The molecule has 0 aromatic heterocycles. The Labute approximate surface area is 81.8 Å². The molecule has 0 unspecified atom stereocenters. The van der Waals surface area contributed by atoms with Crippen LogP contribution in [0.15, 0.2) is 18.2 Å². The zero-order chi connectivity index (χ0) is 9.97. The largest absolute Gasteiger partial charge is 0.493 e. The second kappa shape index (κ2) is 3.57. The average molecular weight is 193 g/mol. The minimum Gasteiger partial charge on any atom is -0.493 e. The lowest BCUT2D eigenvalue weighted by atomic mass is 10.2. The summed E-state index contributed by atoms with van der Waals surface area (Å²) in [4.78, 5) is 10.9. The quantitative estimate of drug-likeness (QED) is 0.732. The van der Waals surface area contributed by atoms with Crippen LogP contribution in [0.2, 0.25) is 0 Å². The zero-order valence-electron chi connectivity index (χ0n) is 7.87. The van der Waals surface area contributed by atoms with Crippen molar-refractivity contribution in [2.75, 3.05) is 13.7 Å². The van der Waals surface area contributed by atoms with E-state index in [0.29, 0.717) is 12.4 Å². The average Bonchev–Trinajstić information content (AvgIpc) is 2.64. The molecule has 1 amide bonds. The Bertz CT molecular complexity index is 362. The van der Waals surface area contributed by atoms with E-state index in [9.17, 15) is 4.79 Å². The number of hydrogen-bond acceptors (Lipinski definition) is 3. The number of fused-ring (bicyclic) bond motifs is 1. The topological polar surface area (TPSA) is 47.6 Å². The fraction of sp³-hybridized carbons (Fsp3) is 0.300. The Balaban J connectivity index is 2.16. The summed E-state index contributed by atoms with van der Waals surface area (Å²) < 4.78 is 10.3. The van der Waals surface area contributed by atoms with E-state index in [2.05, 4.69) is 5.32 Å². The number of hydrogen-bond donors (Lipinski definition) is 1. The highest BCUT2D eigenvalue weighted by molar-refractivity contribution is 5.70. The monoisotopic (exact) mass is 193 g/mol. The molecule has 1 aromatic carbocycles. The van der Waals surface area contributed by atoms with Gasteiger partial charge < -0.3 is 14.8 Å². The summed E-state index contributed by atoms with van der Waals surface area (Å²) in [5.74, 6) is 1.32. The van der Waals surface area contributed by atoms with E-state index in [-0.39, 0.29) is 0 Å². The van der Waals surface area contributed by atoms with Crippen molar-refractivity contribution in [3.05, 3.63) is 23.8 Å². The molecular formula is C10H11NO3. The van der Waals surface area contributed by atoms with Gasteiger partial charge in [-0.1, -0.05) is 6.07 Å². The van der Waals surface area contributed by atoms with Gasteiger partial charge in [-0.15, -0.1) is 0 Å². The molecule has 0 saturated carbocycles. The summed E-state index contributed by atoms with van der Waals surface area (Å²) in [5, 5.41) is 2.38. The van der Waals surface area contributed by atoms with Crippen molar-refractivity contribution in [3.8, 4) is 11.5 Å². The smallest absolute Gasteiger partial charge is 0.412 e. The molecule has 14 heavy (non-hydrogen) atoms. The second-order valence-electron chi connectivity index (χ2n) is 3.01. The molecule has 1 aromatic rings. The molecule has 0 bridgehead atoms. The van der Waals surface area contributed by atoms with Gasteiger partial charge in [0.1, 0.15) is 11.5 Å². The first-order chi connectivity index (χ1) is 6.79. The molecule has 1 aliphatic rings. The van der Waals surface area contributed by atoms with Crippen LogP contribution in [0.1, 0.15) is 5.56 Å². The van der Waals surface area contributed by atoms with E-state index in [4.69, 9.17) is 9.47 Å². The summed E-state index contributed by atoms with van der Waals surface area (Å²) in [6.45, 7) is 0.707. The highest BCUT2D eigenvalue weighted by atomic mass is 16.6. The molecule has 0 aliphatic carbocycles. The number of carbonyl (C=O) groups excluding carboxylic acids is 1. The number of benzene rings is 1. The van der Waals surface area contributed by atoms with Crippen molar-refractivity contribution in [3.63, 3.8) is 0 Å². The van der Waals surface area contributed by atoms with E-state index in [1.165, 1.54) is 7.05 Å². The maximum atomic E-state index is 10.9. The predicted octanol–water partition coefficient (Wildman–Crippen LogP) is 1.34. The molecule has 0 atom stereocenters. The molecule has 0 radical (unpaired) electrons.